The van der Waals surface area contributed by atoms with Crippen LogP contribution in [0.15, 0.2) is 79.0 Å². The topological polar surface area (TPSA) is 36.4 Å². The van der Waals surface area contributed by atoms with Crippen LogP contribution in [0.3, 0.4) is 0 Å². The van der Waals surface area contributed by atoms with E-state index < -0.39 is 0 Å². The third-order valence-electron chi connectivity index (χ3n) is 4.92. The van der Waals surface area contributed by atoms with Crippen LogP contribution in [0, 0.1) is 0 Å². The Morgan fingerprint density at radius 2 is 1.56 bits per heavy atom. The lowest BCUT2D eigenvalue weighted by Gasteiger charge is -2.23. The Kier molecular flexibility index (Phi) is 5.15. The van der Waals surface area contributed by atoms with Crippen molar-refractivity contribution < 1.29 is 4.79 Å². The number of para-hydroxylation sites is 1. The summed E-state index contributed by atoms with van der Waals surface area (Å²) in [5.74, 6) is 0.920. The van der Waals surface area contributed by atoms with Gasteiger partial charge >= 0.3 is 0 Å². The highest BCUT2D eigenvalue weighted by Crippen LogP contribution is 2.22. The minimum Gasteiger partial charge on any atom is -0.357 e. The Labute approximate surface area is 160 Å². The normalized spacial score (nSPS) is 13.6. The van der Waals surface area contributed by atoms with Crippen LogP contribution in [0.2, 0.25) is 0 Å². The number of amides is 1. The Morgan fingerprint density at radius 1 is 0.889 bits per heavy atom. The van der Waals surface area contributed by atoms with E-state index in [0.29, 0.717) is 12.1 Å². The molecule has 0 unspecified atom stereocenters. The molecule has 0 saturated carbocycles. The Bertz CT molecular complexity index is 873. The van der Waals surface area contributed by atoms with Crippen molar-refractivity contribution >= 4 is 17.4 Å². The van der Waals surface area contributed by atoms with Crippen LogP contribution >= 0.6 is 0 Å². The van der Waals surface area contributed by atoms with E-state index in [1.165, 1.54) is 12.8 Å². The standard InChI is InChI=1S/C23H23N3O/c27-23(20-13-14-22(24-17-20)25-15-7-8-16-25)26(21-11-5-2-6-12-21)18-19-9-3-1-4-10-19/h1-6,9-14,17H,7-8,15-16,18H2. The van der Waals surface area contributed by atoms with E-state index >= 15 is 0 Å². The molecule has 2 aromatic carbocycles. The minimum atomic E-state index is -0.0366. The van der Waals surface area contributed by atoms with Crippen LogP contribution in [0.5, 0.6) is 0 Å². The van der Waals surface area contributed by atoms with Gasteiger partial charge in [-0.05, 0) is 42.7 Å². The summed E-state index contributed by atoms with van der Waals surface area (Å²) in [6, 6.07) is 23.7. The molecule has 0 bridgehead atoms. The number of rotatable bonds is 5. The number of nitrogens with zero attached hydrogens (tertiary/aromatic N) is 3. The maximum absolute atomic E-state index is 13.3. The lowest BCUT2D eigenvalue weighted by molar-refractivity contribution is 0.0985. The summed E-state index contributed by atoms with van der Waals surface area (Å²) in [5, 5.41) is 0. The first kappa shape index (κ1) is 17.3. The highest BCUT2D eigenvalue weighted by Gasteiger charge is 2.20. The number of aromatic nitrogens is 1. The summed E-state index contributed by atoms with van der Waals surface area (Å²) in [5.41, 5.74) is 2.59. The average molecular weight is 357 g/mol. The predicted octanol–water partition coefficient (Wildman–Crippen LogP) is 4.53. The summed E-state index contributed by atoms with van der Waals surface area (Å²) in [6.07, 6.45) is 4.12. The molecule has 1 aliphatic heterocycles. The van der Waals surface area contributed by atoms with E-state index in [-0.39, 0.29) is 5.91 Å². The van der Waals surface area contributed by atoms with Crippen LogP contribution in [0.1, 0.15) is 28.8 Å². The van der Waals surface area contributed by atoms with Crippen molar-refractivity contribution in [2.75, 3.05) is 22.9 Å². The van der Waals surface area contributed by atoms with Crippen LogP contribution in [-0.4, -0.2) is 24.0 Å². The van der Waals surface area contributed by atoms with Crippen LogP contribution < -0.4 is 9.80 Å². The minimum absolute atomic E-state index is 0.0366. The largest absolute Gasteiger partial charge is 0.357 e. The second-order valence-electron chi connectivity index (χ2n) is 6.81. The van der Waals surface area contributed by atoms with Crippen molar-refractivity contribution in [3.8, 4) is 0 Å². The lowest BCUT2D eigenvalue weighted by Crippen LogP contribution is -2.30. The SMILES string of the molecule is O=C(c1ccc(N2CCCC2)nc1)N(Cc1ccccc1)c1ccccc1. The lowest BCUT2D eigenvalue weighted by atomic mass is 10.1. The Balaban J connectivity index is 1.60. The fraction of sp³-hybridized carbons (Fsp3) is 0.217. The summed E-state index contributed by atoms with van der Waals surface area (Å²) < 4.78 is 0. The van der Waals surface area contributed by atoms with E-state index in [9.17, 15) is 4.79 Å². The van der Waals surface area contributed by atoms with Crippen LogP contribution in [0.25, 0.3) is 0 Å². The van der Waals surface area contributed by atoms with Gasteiger partial charge in [0.05, 0.1) is 12.1 Å². The molecule has 0 aliphatic carbocycles. The van der Waals surface area contributed by atoms with Gasteiger partial charge in [-0.15, -0.1) is 0 Å². The zero-order valence-corrected chi connectivity index (χ0v) is 15.3. The van der Waals surface area contributed by atoms with E-state index in [1.807, 2.05) is 77.7 Å². The van der Waals surface area contributed by atoms with Crippen molar-refractivity contribution in [3.05, 3.63) is 90.1 Å². The van der Waals surface area contributed by atoms with Gasteiger partial charge in [0, 0.05) is 25.0 Å². The Morgan fingerprint density at radius 3 is 2.19 bits per heavy atom. The summed E-state index contributed by atoms with van der Waals surface area (Å²) in [7, 11) is 0. The first-order valence-electron chi connectivity index (χ1n) is 9.43. The first-order chi connectivity index (χ1) is 13.3. The molecule has 3 aromatic rings. The van der Waals surface area contributed by atoms with Gasteiger partial charge in [0.15, 0.2) is 0 Å². The highest BCUT2D eigenvalue weighted by molar-refractivity contribution is 6.05. The third-order valence-corrected chi connectivity index (χ3v) is 4.92. The number of hydrogen-bond acceptors (Lipinski definition) is 3. The van der Waals surface area contributed by atoms with Crippen molar-refractivity contribution in [3.63, 3.8) is 0 Å². The molecule has 136 valence electrons. The molecule has 0 radical (unpaired) electrons. The summed E-state index contributed by atoms with van der Waals surface area (Å²) in [4.78, 5) is 21.9. The van der Waals surface area contributed by atoms with Crippen molar-refractivity contribution in [2.24, 2.45) is 0 Å². The zero-order chi connectivity index (χ0) is 18.5. The van der Waals surface area contributed by atoms with Gasteiger partial charge in [-0.3, -0.25) is 4.79 Å². The van der Waals surface area contributed by atoms with E-state index in [0.717, 1.165) is 30.2 Å². The quantitative estimate of drug-likeness (QED) is 0.673. The fourth-order valence-electron chi connectivity index (χ4n) is 3.46. The molecule has 0 N–H and O–H groups in total. The molecule has 4 nitrogen and oxygen atoms in total. The molecule has 1 aromatic heterocycles. The van der Waals surface area contributed by atoms with Gasteiger partial charge in [0.2, 0.25) is 0 Å². The predicted molar refractivity (Wildman–Crippen MR) is 109 cm³/mol. The molecule has 4 rings (SSSR count). The Hall–Kier alpha value is -3.14. The second kappa shape index (κ2) is 8.04. The number of pyridine rings is 1. The van der Waals surface area contributed by atoms with Crippen molar-refractivity contribution in [1.82, 2.24) is 4.98 Å². The smallest absolute Gasteiger partial charge is 0.260 e. The molecule has 1 aliphatic rings. The van der Waals surface area contributed by atoms with E-state index in [1.54, 1.807) is 6.20 Å². The van der Waals surface area contributed by atoms with Crippen molar-refractivity contribution in [2.45, 2.75) is 19.4 Å². The first-order valence-corrected chi connectivity index (χ1v) is 9.43. The van der Waals surface area contributed by atoms with Gasteiger partial charge in [-0.2, -0.15) is 0 Å². The monoisotopic (exact) mass is 357 g/mol. The molecule has 27 heavy (non-hydrogen) atoms. The van der Waals surface area contributed by atoms with Gasteiger partial charge in [-0.1, -0.05) is 48.5 Å². The molecule has 4 heteroatoms. The number of benzene rings is 2. The molecular weight excluding hydrogens is 334 g/mol. The van der Waals surface area contributed by atoms with Crippen LogP contribution in [-0.2, 0) is 6.54 Å². The van der Waals surface area contributed by atoms with E-state index in [4.69, 9.17) is 0 Å². The second-order valence-corrected chi connectivity index (χ2v) is 6.81. The number of anilines is 2. The molecule has 2 heterocycles. The molecule has 0 spiro atoms. The third kappa shape index (κ3) is 4.00. The number of carbonyl (C=O) groups is 1. The average Bonchev–Trinajstić information content (AvgIpc) is 3.28. The maximum Gasteiger partial charge on any atom is 0.260 e. The zero-order valence-electron chi connectivity index (χ0n) is 15.3. The van der Waals surface area contributed by atoms with E-state index in [2.05, 4.69) is 9.88 Å². The highest BCUT2D eigenvalue weighted by atomic mass is 16.2. The summed E-state index contributed by atoms with van der Waals surface area (Å²) >= 11 is 0. The number of carbonyl (C=O) groups excluding carboxylic acids is 1. The maximum atomic E-state index is 13.3. The molecule has 1 amide bonds. The molecular formula is C23H23N3O. The van der Waals surface area contributed by atoms with Crippen LogP contribution in [0.4, 0.5) is 11.5 Å². The summed E-state index contributed by atoms with van der Waals surface area (Å²) in [6.45, 7) is 2.62. The molecule has 0 atom stereocenters. The van der Waals surface area contributed by atoms with Gasteiger partial charge in [0.25, 0.3) is 5.91 Å². The fourth-order valence-corrected chi connectivity index (χ4v) is 3.46. The van der Waals surface area contributed by atoms with Gasteiger partial charge in [-0.25, -0.2) is 4.98 Å². The molecule has 1 fully saturated rings. The van der Waals surface area contributed by atoms with Gasteiger partial charge in [0.1, 0.15) is 5.82 Å². The van der Waals surface area contributed by atoms with Gasteiger partial charge < -0.3 is 9.80 Å². The number of hydrogen-bond donors (Lipinski definition) is 0. The van der Waals surface area contributed by atoms with Crippen molar-refractivity contribution in [1.29, 1.82) is 0 Å². The molecule has 1 saturated heterocycles.